The SMILES string of the molecule is CN=C(NC(=O)COc1ccccc1)c1cc(NC(=O)C(CCN)c2ccccc2)ccc1N. The largest absolute Gasteiger partial charge is 0.484 e. The average molecular weight is 460 g/mol. The zero-order valence-corrected chi connectivity index (χ0v) is 19.0. The molecule has 3 aromatic carbocycles. The second-order valence-electron chi connectivity index (χ2n) is 7.55. The van der Waals surface area contributed by atoms with E-state index >= 15 is 0 Å². The fourth-order valence-electron chi connectivity index (χ4n) is 3.45. The molecule has 0 aliphatic rings. The lowest BCUT2D eigenvalue weighted by Gasteiger charge is -2.18. The first-order valence-electron chi connectivity index (χ1n) is 10.9. The highest BCUT2D eigenvalue weighted by Gasteiger charge is 2.20. The lowest BCUT2D eigenvalue weighted by atomic mass is 9.94. The van der Waals surface area contributed by atoms with Crippen molar-refractivity contribution in [1.82, 2.24) is 5.32 Å². The Labute approximate surface area is 199 Å². The third-order valence-electron chi connectivity index (χ3n) is 5.14. The van der Waals surface area contributed by atoms with Gasteiger partial charge < -0.3 is 26.8 Å². The summed E-state index contributed by atoms with van der Waals surface area (Å²) in [6, 6.07) is 23.6. The summed E-state index contributed by atoms with van der Waals surface area (Å²) in [7, 11) is 1.55. The van der Waals surface area contributed by atoms with E-state index in [-0.39, 0.29) is 30.2 Å². The van der Waals surface area contributed by atoms with Gasteiger partial charge in [0, 0.05) is 24.0 Å². The number of aliphatic imine (C=N–C) groups is 1. The van der Waals surface area contributed by atoms with Crippen LogP contribution in [0.2, 0.25) is 0 Å². The van der Waals surface area contributed by atoms with Gasteiger partial charge in [0.25, 0.3) is 5.91 Å². The quantitative estimate of drug-likeness (QED) is 0.222. The number of carbonyl (C=O) groups is 2. The van der Waals surface area contributed by atoms with Gasteiger partial charge in [0.1, 0.15) is 11.6 Å². The second kappa shape index (κ2) is 12.2. The second-order valence-corrected chi connectivity index (χ2v) is 7.55. The van der Waals surface area contributed by atoms with E-state index in [1.54, 1.807) is 37.4 Å². The smallest absolute Gasteiger partial charge is 0.263 e. The van der Waals surface area contributed by atoms with Crippen molar-refractivity contribution in [1.29, 1.82) is 0 Å². The Morgan fingerprint density at radius 1 is 1.00 bits per heavy atom. The maximum absolute atomic E-state index is 13.0. The van der Waals surface area contributed by atoms with Gasteiger partial charge in [-0.3, -0.25) is 14.6 Å². The van der Waals surface area contributed by atoms with Gasteiger partial charge in [-0.1, -0.05) is 48.5 Å². The van der Waals surface area contributed by atoms with Crippen LogP contribution in [-0.2, 0) is 9.59 Å². The number of anilines is 2. The summed E-state index contributed by atoms with van der Waals surface area (Å²) >= 11 is 0. The summed E-state index contributed by atoms with van der Waals surface area (Å²) in [5.41, 5.74) is 14.2. The number of amides is 2. The number of nitrogens with one attached hydrogen (secondary N) is 2. The number of hydrogen-bond acceptors (Lipinski definition) is 6. The molecule has 6 N–H and O–H groups in total. The van der Waals surface area contributed by atoms with Gasteiger partial charge in [0.15, 0.2) is 6.61 Å². The Balaban J connectivity index is 1.71. The summed E-state index contributed by atoms with van der Waals surface area (Å²) in [6.07, 6.45) is 0.511. The van der Waals surface area contributed by atoms with Crippen molar-refractivity contribution >= 4 is 29.0 Å². The van der Waals surface area contributed by atoms with Crippen molar-refractivity contribution < 1.29 is 14.3 Å². The molecule has 0 heterocycles. The Bertz CT molecular complexity index is 1130. The minimum atomic E-state index is -0.388. The number of nitrogen functional groups attached to an aromatic ring is 1. The van der Waals surface area contributed by atoms with Crippen LogP contribution >= 0.6 is 0 Å². The number of ether oxygens (including phenoxy) is 1. The van der Waals surface area contributed by atoms with Crippen LogP contribution in [0.3, 0.4) is 0 Å². The third kappa shape index (κ3) is 6.66. The van der Waals surface area contributed by atoms with E-state index in [2.05, 4.69) is 15.6 Å². The molecular weight excluding hydrogens is 430 g/mol. The first kappa shape index (κ1) is 24.5. The molecule has 176 valence electrons. The van der Waals surface area contributed by atoms with Crippen LogP contribution in [0.15, 0.2) is 83.9 Å². The van der Waals surface area contributed by atoms with Crippen LogP contribution < -0.4 is 26.8 Å². The first-order valence-corrected chi connectivity index (χ1v) is 10.9. The Morgan fingerprint density at radius 3 is 2.32 bits per heavy atom. The molecule has 0 bridgehead atoms. The van der Waals surface area contributed by atoms with E-state index in [1.165, 1.54) is 0 Å². The van der Waals surface area contributed by atoms with Crippen molar-refractivity contribution in [3.05, 3.63) is 90.0 Å². The van der Waals surface area contributed by atoms with Crippen molar-refractivity contribution in [3.8, 4) is 5.75 Å². The highest BCUT2D eigenvalue weighted by atomic mass is 16.5. The van der Waals surface area contributed by atoms with E-state index in [1.807, 2.05) is 48.5 Å². The first-order chi connectivity index (χ1) is 16.5. The molecule has 0 aromatic heterocycles. The van der Waals surface area contributed by atoms with Crippen LogP contribution in [0.25, 0.3) is 0 Å². The summed E-state index contributed by atoms with van der Waals surface area (Å²) in [4.78, 5) is 29.6. The van der Waals surface area contributed by atoms with Gasteiger partial charge in [0.2, 0.25) is 5.91 Å². The van der Waals surface area contributed by atoms with E-state index in [0.29, 0.717) is 35.7 Å². The fourth-order valence-corrected chi connectivity index (χ4v) is 3.45. The molecule has 3 rings (SSSR count). The monoisotopic (exact) mass is 459 g/mol. The molecule has 0 fully saturated rings. The number of nitrogens with two attached hydrogens (primary N) is 2. The molecule has 0 aliphatic carbocycles. The van der Waals surface area contributed by atoms with Crippen LogP contribution in [-0.4, -0.2) is 37.8 Å². The Kier molecular flexibility index (Phi) is 8.76. The minimum Gasteiger partial charge on any atom is -0.484 e. The summed E-state index contributed by atoms with van der Waals surface area (Å²) < 4.78 is 5.48. The van der Waals surface area contributed by atoms with Gasteiger partial charge in [-0.15, -0.1) is 0 Å². The number of nitrogens with zero attached hydrogens (tertiary/aromatic N) is 1. The summed E-state index contributed by atoms with van der Waals surface area (Å²) in [5, 5.41) is 5.65. The molecular formula is C26H29N5O3. The number of amidine groups is 1. The number of carbonyl (C=O) groups excluding carboxylic acids is 2. The fraction of sp³-hybridized carbons (Fsp3) is 0.192. The number of benzene rings is 3. The summed E-state index contributed by atoms with van der Waals surface area (Å²) in [6.45, 7) is 0.195. The van der Waals surface area contributed by atoms with E-state index < -0.39 is 0 Å². The molecule has 2 amide bonds. The van der Waals surface area contributed by atoms with Crippen molar-refractivity contribution in [2.75, 3.05) is 31.2 Å². The van der Waals surface area contributed by atoms with E-state index in [9.17, 15) is 9.59 Å². The molecule has 0 saturated carbocycles. The van der Waals surface area contributed by atoms with Gasteiger partial charge in [-0.2, -0.15) is 0 Å². The zero-order chi connectivity index (χ0) is 24.3. The summed E-state index contributed by atoms with van der Waals surface area (Å²) in [5.74, 6) is -0.0893. The lowest BCUT2D eigenvalue weighted by Crippen LogP contribution is -2.35. The van der Waals surface area contributed by atoms with Crippen LogP contribution in [0.5, 0.6) is 5.75 Å². The maximum atomic E-state index is 13.0. The molecule has 3 aromatic rings. The predicted octanol–water partition coefficient (Wildman–Crippen LogP) is 2.91. The molecule has 8 heteroatoms. The maximum Gasteiger partial charge on any atom is 0.263 e. The average Bonchev–Trinajstić information content (AvgIpc) is 2.87. The Hall–Kier alpha value is -4.17. The van der Waals surface area contributed by atoms with E-state index in [4.69, 9.17) is 16.2 Å². The molecule has 0 radical (unpaired) electrons. The highest BCUT2D eigenvalue weighted by molar-refractivity contribution is 6.11. The van der Waals surface area contributed by atoms with Gasteiger partial charge in [-0.05, 0) is 48.9 Å². The highest BCUT2D eigenvalue weighted by Crippen LogP contribution is 2.23. The topological polar surface area (TPSA) is 132 Å². The van der Waals surface area contributed by atoms with Crippen molar-refractivity contribution in [3.63, 3.8) is 0 Å². The molecule has 0 aliphatic heterocycles. The molecule has 1 unspecified atom stereocenters. The lowest BCUT2D eigenvalue weighted by molar-refractivity contribution is -0.121. The van der Waals surface area contributed by atoms with Crippen molar-refractivity contribution in [2.24, 2.45) is 10.7 Å². The normalized spacial score (nSPS) is 12.0. The molecule has 1 atom stereocenters. The number of para-hydroxylation sites is 1. The minimum absolute atomic E-state index is 0.178. The van der Waals surface area contributed by atoms with Crippen LogP contribution in [0.4, 0.5) is 11.4 Å². The molecule has 34 heavy (non-hydrogen) atoms. The van der Waals surface area contributed by atoms with E-state index in [0.717, 1.165) is 5.56 Å². The predicted molar refractivity (Wildman–Crippen MR) is 135 cm³/mol. The van der Waals surface area contributed by atoms with Gasteiger partial charge in [0.05, 0.1) is 5.92 Å². The van der Waals surface area contributed by atoms with Crippen LogP contribution in [0, 0.1) is 0 Å². The van der Waals surface area contributed by atoms with Crippen molar-refractivity contribution in [2.45, 2.75) is 12.3 Å². The molecule has 0 spiro atoms. The van der Waals surface area contributed by atoms with Gasteiger partial charge in [-0.25, -0.2) is 0 Å². The molecule has 0 saturated heterocycles. The number of hydrogen-bond donors (Lipinski definition) is 4. The zero-order valence-electron chi connectivity index (χ0n) is 19.0. The number of rotatable bonds is 9. The van der Waals surface area contributed by atoms with Gasteiger partial charge >= 0.3 is 0 Å². The standard InChI is InChI=1S/C26H29N5O3/c1-29-25(31-24(32)17-34-20-10-6-3-7-11-20)22-16-19(12-13-23(22)28)30-26(33)21(14-15-27)18-8-4-2-5-9-18/h2-13,16,21H,14-15,17,27-28H2,1H3,(H,30,33)(H,29,31,32). The third-order valence-corrected chi connectivity index (χ3v) is 5.14. The Morgan fingerprint density at radius 2 is 1.68 bits per heavy atom. The van der Waals surface area contributed by atoms with Crippen LogP contribution in [0.1, 0.15) is 23.5 Å². The molecule has 8 nitrogen and oxygen atoms in total.